The SMILES string of the molecule is C[C@@H]1C(=O)C[C@@H](c2ccco2)N2C(=O)[C@@H]3[C@H](C(=O)NCCc4c[nH]c5ccccc45)[C@@H]4C=C[C@@]3(O4)[C@H]12. The van der Waals surface area contributed by atoms with Crippen molar-refractivity contribution in [2.24, 2.45) is 17.8 Å². The van der Waals surface area contributed by atoms with Crippen molar-refractivity contribution in [1.82, 2.24) is 15.2 Å². The summed E-state index contributed by atoms with van der Waals surface area (Å²) in [6.45, 7) is 2.32. The molecule has 7 rings (SSSR count). The lowest BCUT2D eigenvalue weighted by atomic mass is 9.70. The van der Waals surface area contributed by atoms with Gasteiger partial charge in [0.2, 0.25) is 11.8 Å². The van der Waals surface area contributed by atoms with Crippen molar-refractivity contribution in [1.29, 1.82) is 0 Å². The fourth-order valence-corrected chi connectivity index (χ4v) is 7.04. The molecule has 7 atom stereocenters. The minimum atomic E-state index is -0.971. The third-order valence-corrected chi connectivity index (χ3v) is 8.62. The van der Waals surface area contributed by atoms with Crippen LogP contribution in [0.15, 0.2) is 65.4 Å². The number of carbonyl (C=O) groups is 3. The van der Waals surface area contributed by atoms with E-state index >= 15 is 0 Å². The van der Waals surface area contributed by atoms with Gasteiger partial charge in [-0.05, 0) is 30.2 Å². The molecule has 3 saturated heterocycles. The van der Waals surface area contributed by atoms with Gasteiger partial charge in [0.25, 0.3) is 0 Å². The van der Waals surface area contributed by atoms with Gasteiger partial charge < -0.3 is 24.4 Å². The van der Waals surface area contributed by atoms with Crippen molar-refractivity contribution in [3.63, 3.8) is 0 Å². The summed E-state index contributed by atoms with van der Waals surface area (Å²) in [6, 6.07) is 10.7. The minimum absolute atomic E-state index is 0.0764. The van der Waals surface area contributed by atoms with Crippen molar-refractivity contribution in [3.05, 3.63) is 72.3 Å². The quantitative estimate of drug-likeness (QED) is 0.541. The van der Waals surface area contributed by atoms with E-state index in [9.17, 15) is 14.4 Å². The molecule has 36 heavy (non-hydrogen) atoms. The molecule has 0 unspecified atom stereocenters. The molecule has 3 fully saturated rings. The molecule has 0 saturated carbocycles. The first-order valence-corrected chi connectivity index (χ1v) is 12.6. The van der Waals surface area contributed by atoms with Crippen LogP contribution in [0.5, 0.6) is 0 Å². The Bertz CT molecular complexity index is 1410. The van der Waals surface area contributed by atoms with E-state index in [1.165, 1.54) is 0 Å². The molecule has 0 radical (unpaired) electrons. The molecule has 2 aromatic heterocycles. The van der Waals surface area contributed by atoms with Crippen LogP contribution in [0.4, 0.5) is 0 Å². The van der Waals surface area contributed by atoms with E-state index in [-0.39, 0.29) is 24.0 Å². The Morgan fingerprint density at radius 1 is 1.22 bits per heavy atom. The van der Waals surface area contributed by atoms with Gasteiger partial charge in [-0.2, -0.15) is 0 Å². The first-order chi connectivity index (χ1) is 17.5. The Balaban J connectivity index is 1.15. The molecule has 6 heterocycles. The maximum atomic E-state index is 14.0. The van der Waals surface area contributed by atoms with Gasteiger partial charge in [-0.25, -0.2) is 0 Å². The first-order valence-electron chi connectivity index (χ1n) is 12.6. The fourth-order valence-electron chi connectivity index (χ4n) is 7.04. The van der Waals surface area contributed by atoms with E-state index in [2.05, 4.69) is 16.4 Å². The number of aromatic amines is 1. The molecule has 184 valence electrons. The maximum absolute atomic E-state index is 14.0. The van der Waals surface area contributed by atoms with Crippen molar-refractivity contribution in [2.75, 3.05) is 6.54 Å². The number of nitrogens with zero attached hydrogens (tertiary/aromatic N) is 1. The molecule has 2 bridgehead atoms. The maximum Gasteiger partial charge on any atom is 0.230 e. The number of hydrogen-bond acceptors (Lipinski definition) is 5. The highest BCUT2D eigenvalue weighted by Crippen LogP contribution is 2.59. The Kier molecular flexibility index (Phi) is 4.61. The van der Waals surface area contributed by atoms with E-state index in [0.717, 1.165) is 16.5 Å². The summed E-state index contributed by atoms with van der Waals surface area (Å²) in [5.74, 6) is -1.33. The van der Waals surface area contributed by atoms with Crippen LogP contribution < -0.4 is 5.32 Å². The molecule has 8 heteroatoms. The zero-order valence-corrected chi connectivity index (χ0v) is 19.8. The van der Waals surface area contributed by atoms with Crippen molar-refractivity contribution < 1.29 is 23.5 Å². The predicted molar refractivity (Wildman–Crippen MR) is 130 cm³/mol. The fraction of sp³-hybridized carbons (Fsp3) is 0.393. The van der Waals surface area contributed by atoms with Crippen molar-refractivity contribution in [3.8, 4) is 0 Å². The number of ketones is 1. The summed E-state index contributed by atoms with van der Waals surface area (Å²) in [6.07, 6.45) is 7.75. The number of ether oxygens (including phenoxy) is 1. The number of H-pyrrole nitrogens is 1. The average Bonchev–Trinajstić information content (AvgIpc) is 3.69. The number of benzene rings is 1. The Hall–Kier alpha value is -3.65. The molecule has 4 aliphatic rings. The number of carbonyl (C=O) groups excluding carboxylic acids is 3. The molecular weight excluding hydrogens is 458 g/mol. The molecule has 2 amide bonds. The molecule has 1 spiro atoms. The number of hydrogen-bond donors (Lipinski definition) is 2. The Morgan fingerprint density at radius 2 is 2.08 bits per heavy atom. The normalized spacial score (nSPS) is 34.4. The van der Waals surface area contributed by atoms with E-state index in [1.54, 1.807) is 23.3 Å². The van der Waals surface area contributed by atoms with Crippen LogP contribution in [-0.2, 0) is 25.5 Å². The summed E-state index contributed by atoms with van der Waals surface area (Å²) < 4.78 is 12.0. The molecule has 8 nitrogen and oxygen atoms in total. The second-order valence-electron chi connectivity index (χ2n) is 10.4. The summed E-state index contributed by atoms with van der Waals surface area (Å²) in [5, 5.41) is 4.20. The van der Waals surface area contributed by atoms with Crippen LogP contribution >= 0.6 is 0 Å². The highest BCUT2D eigenvalue weighted by atomic mass is 16.5. The third kappa shape index (κ3) is 2.82. The second-order valence-corrected chi connectivity index (χ2v) is 10.4. The summed E-state index contributed by atoms with van der Waals surface area (Å²) in [7, 11) is 0. The lowest BCUT2D eigenvalue weighted by Gasteiger charge is -2.43. The van der Waals surface area contributed by atoms with Crippen LogP contribution in [0.2, 0.25) is 0 Å². The van der Waals surface area contributed by atoms with Gasteiger partial charge >= 0.3 is 0 Å². The van der Waals surface area contributed by atoms with E-state index in [4.69, 9.17) is 9.15 Å². The zero-order valence-electron chi connectivity index (χ0n) is 19.8. The van der Waals surface area contributed by atoms with Crippen LogP contribution in [0.3, 0.4) is 0 Å². The minimum Gasteiger partial charge on any atom is -0.467 e. The summed E-state index contributed by atoms with van der Waals surface area (Å²) in [4.78, 5) is 45.5. The van der Waals surface area contributed by atoms with Gasteiger partial charge in [-0.1, -0.05) is 37.3 Å². The highest BCUT2D eigenvalue weighted by molar-refractivity contribution is 5.96. The molecule has 2 N–H and O–H groups in total. The topological polar surface area (TPSA) is 105 Å². The summed E-state index contributed by atoms with van der Waals surface area (Å²) in [5.41, 5.74) is 1.23. The van der Waals surface area contributed by atoms with Gasteiger partial charge in [-0.15, -0.1) is 0 Å². The lowest BCUT2D eigenvalue weighted by molar-refractivity contribution is -0.148. The molecule has 0 aliphatic carbocycles. The number of rotatable bonds is 5. The van der Waals surface area contributed by atoms with Gasteiger partial charge in [0.1, 0.15) is 17.1 Å². The molecule has 3 aromatic rings. The first kappa shape index (κ1) is 21.6. The van der Waals surface area contributed by atoms with Crippen molar-refractivity contribution in [2.45, 2.75) is 43.6 Å². The van der Waals surface area contributed by atoms with Crippen LogP contribution in [0.1, 0.15) is 30.7 Å². The zero-order chi connectivity index (χ0) is 24.6. The predicted octanol–water partition coefficient (Wildman–Crippen LogP) is 2.92. The number of furan rings is 1. The van der Waals surface area contributed by atoms with E-state index in [0.29, 0.717) is 18.7 Å². The van der Waals surface area contributed by atoms with Crippen LogP contribution in [0.25, 0.3) is 10.9 Å². The molecule has 4 aliphatic heterocycles. The number of Topliss-reactive ketones (excluding diaryl/α,β-unsaturated/α-hetero) is 1. The summed E-state index contributed by atoms with van der Waals surface area (Å²) >= 11 is 0. The van der Waals surface area contributed by atoms with Gasteiger partial charge in [0, 0.05) is 36.0 Å². The largest absolute Gasteiger partial charge is 0.467 e. The number of para-hydroxylation sites is 1. The monoisotopic (exact) mass is 485 g/mol. The number of amides is 2. The standard InChI is InChI=1S/C28H27N3O5/c1-15-20(32)13-19(21-7-4-12-35-21)31-25(15)28-10-8-22(36-28)23(24(28)27(31)34)26(33)29-11-9-16-14-30-18-6-3-2-5-17(16)18/h2-8,10,12,14-15,19,22-25,30H,9,11,13H2,1H3,(H,29,33)/t15-,19+,22+,23-,24+,25+,28+/m1/s1. The highest BCUT2D eigenvalue weighted by Gasteiger charge is 2.74. The van der Waals surface area contributed by atoms with Gasteiger partial charge in [-0.3, -0.25) is 14.4 Å². The van der Waals surface area contributed by atoms with Gasteiger partial charge in [0.15, 0.2) is 0 Å². The number of piperidine rings is 1. The molecular formula is C28H27N3O5. The average molecular weight is 486 g/mol. The number of aromatic nitrogens is 1. The van der Waals surface area contributed by atoms with Crippen LogP contribution in [-0.4, -0.2) is 51.8 Å². The van der Waals surface area contributed by atoms with Crippen LogP contribution in [0, 0.1) is 17.8 Å². The Morgan fingerprint density at radius 3 is 2.92 bits per heavy atom. The third-order valence-electron chi connectivity index (χ3n) is 8.62. The number of nitrogens with one attached hydrogen (secondary N) is 2. The van der Waals surface area contributed by atoms with Gasteiger partial charge in [0.05, 0.1) is 36.3 Å². The molecule has 1 aromatic carbocycles. The second kappa shape index (κ2) is 7.67. The Labute approximate surface area is 207 Å². The van der Waals surface area contributed by atoms with E-state index in [1.807, 2.05) is 43.5 Å². The van der Waals surface area contributed by atoms with Crippen molar-refractivity contribution >= 4 is 28.5 Å². The lowest BCUT2D eigenvalue weighted by Crippen LogP contribution is -2.55. The smallest absolute Gasteiger partial charge is 0.230 e. The number of fused-ring (bicyclic) bond motifs is 3. The van der Waals surface area contributed by atoms with E-state index < -0.39 is 41.5 Å².